The molecule has 0 saturated carbocycles. The summed E-state index contributed by atoms with van der Waals surface area (Å²) in [4.78, 5) is 17.3. The highest BCUT2D eigenvalue weighted by Gasteiger charge is 2.30. The lowest BCUT2D eigenvalue weighted by Crippen LogP contribution is -2.45. The van der Waals surface area contributed by atoms with E-state index in [-0.39, 0.29) is 37.2 Å². The second kappa shape index (κ2) is 9.03. The predicted octanol–water partition coefficient (Wildman–Crippen LogP) is 4.03. The molecule has 0 amide bonds. The highest BCUT2D eigenvalue weighted by molar-refractivity contribution is 7.13. The zero-order valence-corrected chi connectivity index (χ0v) is 16.3. The summed E-state index contributed by atoms with van der Waals surface area (Å²) < 4.78 is 33.4. The minimum Gasteiger partial charge on any atom is -0.355 e. The molecule has 1 aliphatic heterocycles. The van der Waals surface area contributed by atoms with Crippen LogP contribution < -0.4 is 0 Å². The van der Waals surface area contributed by atoms with Crippen molar-refractivity contribution in [3.63, 3.8) is 0 Å². The molecule has 148 valence electrons. The first kappa shape index (κ1) is 20.1. The quantitative estimate of drug-likeness (QED) is 0.598. The Hall–Kier alpha value is -1.64. The van der Waals surface area contributed by atoms with Crippen LogP contribution in [0.15, 0.2) is 28.1 Å². The summed E-state index contributed by atoms with van der Waals surface area (Å²) in [6.45, 7) is 3.92. The van der Waals surface area contributed by atoms with Crippen molar-refractivity contribution in [3.05, 3.63) is 29.3 Å². The van der Waals surface area contributed by atoms with Gasteiger partial charge in [0.1, 0.15) is 5.69 Å². The fourth-order valence-corrected chi connectivity index (χ4v) is 3.77. The molecule has 3 heterocycles. The number of carbonyl (C=O) groups excluding carboxylic acids is 1. The van der Waals surface area contributed by atoms with E-state index < -0.39 is 5.92 Å². The number of Topliss-reactive ketones (excluding diaryl/α,β-unsaturated/α-hetero) is 1. The molecule has 0 spiro atoms. The highest BCUT2D eigenvalue weighted by atomic mass is 32.1. The van der Waals surface area contributed by atoms with E-state index in [4.69, 9.17) is 4.52 Å². The van der Waals surface area contributed by atoms with Gasteiger partial charge < -0.3 is 14.3 Å². The third-order valence-corrected chi connectivity index (χ3v) is 5.78. The minimum atomic E-state index is -2.74. The number of thiophene rings is 1. The van der Waals surface area contributed by atoms with Gasteiger partial charge in [-0.3, -0.25) is 4.79 Å². The number of alkyl halides is 2. The lowest BCUT2D eigenvalue weighted by Gasteiger charge is -2.33. The highest BCUT2D eigenvalue weighted by Crippen LogP contribution is 2.28. The van der Waals surface area contributed by atoms with Gasteiger partial charge in [-0.25, -0.2) is 8.78 Å². The smallest absolute Gasteiger partial charge is 0.249 e. The van der Waals surface area contributed by atoms with Crippen molar-refractivity contribution in [1.29, 1.82) is 0 Å². The average molecular weight is 397 g/mol. The van der Waals surface area contributed by atoms with Crippen LogP contribution in [-0.2, 0) is 0 Å². The lowest BCUT2D eigenvalue weighted by atomic mass is 10.0. The number of likely N-dealkylation sites (N-methyl/N-ethyl adjacent to an activating group) is 1. The first-order valence-electron chi connectivity index (χ1n) is 9.25. The molecule has 0 atom stereocenters. The number of rotatable bonds is 9. The van der Waals surface area contributed by atoms with Crippen molar-refractivity contribution >= 4 is 17.1 Å². The molecule has 0 unspecified atom stereocenters. The van der Waals surface area contributed by atoms with Crippen LogP contribution in [0.5, 0.6) is 0 Å². The number of carbonyl (C=O) groups is 1. The van der Waals surface area contributed by atoms with E-state index in [1.807, 2.05) is 24.6 Å². The van der Waals surface area contributed by atoms with Crippen molar-refractivity contribution in [1.82, 2.24) is 15.0 Å². The van der Waals surface area contributed by atoms with E-state index in [1.165, 1.54) is 11.3 Å². The van der Waals surface area contributed by atoms with Crippen molar-refractivity contribution in [2.75, 3.05) is 39.8 Å². The summed E-state index contributed by atoms with van der Waals surface area (Å²) in [5, 5.41) is 5.68. The molecule has 5 nitrogen and oxygen atoms in total. The molecule has 0 bridgehead atoms. The van der Waals surface area contributed by atoms with E-state index in [9.17, 15) is 13.6 Å². The maximum atomic E-state index is 14.1. The van der Waals surface area contributed by atoms with Crippen LogP contribution in [-0.4, -0.2) is 66.4 Å². The number of hydrogen-bond acceptors (Lipinski definition) is 6. The zero-order chi connectivity index (χ0) is 19.3. The summed E-state index contributed by atoms with van der Waals surface area (Å²) >= 11 is 1.49. The fraction of sp³-hybridized carbons (Fsp3) is 0.579. The molecular formula is C19H25F2N3O2S. The molecular weight excluding hydrogens is 372 g/mol. The molecule has 0 aromatic carbocycles. The van der Waals surface area contributed by atoms with Crippen LogP contribution in [0.1, 0.15) is 36.2 Å². The summed E-state index contributed by atoms with van der Waals surface area (Å²) in [6.07, 6.45) is -0.226. The second-order valence-corrected chi connectivity index (χ2v) is 8.03. The van der Waals surface area contributed by atoms with Crippen LogP contribution in [0.2, 0.25) is 0 Å². The molecule has 3 rings (SSSR count). The number of halogens is 2. The fourth-order valence-electron chi connectivity index (χ4n) is 3.10. The molecule has 0 aliphatic carbocycles. The Morgan fingerprint density at radius 1 is 1.30 bits per heavy atom. The molecule has 2 aromatic rings. The monoisotopic (exact) mass is 397 g/mol. The summed E-state index contributed by atoms with van der Waals surface area (Å²) in [5.74, 6) is -2.46. The van der Waals surface area contributed by atoms with Crippen LogP contribution in [0, 0.1) is 0 Å². The number of aromatic nitrogens is 1. The van der Waals surface area contributed by atoms with E-state index >= 15 is 0 Å². The Morgan fingerprint density at radius 2 is 2.07 bits per heavy atom. The molecule has 0 radical (unpaired) electrons. The van der Waals surface area contributed by atoms with Gasteiger partial charge in [-0.2, -0.15) is 0 Å². The van der Waals surface area contributed by atoms with Crippen LogP contribution in [0.25, 0.3) is 10.6 Å². The normalized spacial score (nSPS) is 16.7. The topological polar surface area (TPSA) is 49.6 Å². The molecule has 27 heavy (non-hydrogen) atoms. The Bertz CT molecular complexity index is 725. The van der Waals surface area contributed by atoms with Crippen molar-refractivity contribution in [2.24, 2.45) is 0 Å². The maximum Gasteiger partial charge on any atom is 0.249 e. The van der Waals surface area contributed by atoms with Crippen LogP contribution in [0.4, 0.5) is 8.78 Å². The lowest BCUT2D eigenvalue weighted by molar-refractivity contribution is -0.0282. The van der Waals surface area contributed by atoms with Gasteiger partial charge in [0, 0.05) is 58.1 Å². The third kappa shape index (κ3) is 5.92. The van der Waals surface area contributed by atoms with Gasteiger partial charge in [0.25, 0.3) is 0 Å². The van der Waals surface area contributed by atoms with Gasteiger partial charge in [-0.1, -0.05) is 11.2 Å². The number of hydrogen-bond donors (Lipinski definition) is 0. The van der Waals surface area contributed by atoms with Crippen molar-refractivity contribution < 1.29 is 18.1 Å². The molecule has 2 aromatic heterocycles. The number of nitrogens with zero attached hydrogens (tertiary/aromatic N) is 3. The molecule has 1 aliphatic rings. The third-order valence-electron chi connectivity index (χ3n) is 4.90. The van der Waals surface area contributed by atoms with Gasteiger partial charge in [-0.15, -0.1) is 11.3 Å². The van der Waals surface area contributed by atoms with Crippen LogP contribution >= 0.6 is 11.3 Å². The van der Waals surface area contributed by atoms with Gasteiger partial charge >= 0.3 is 0 Å². The van der Waals surface area contributed by atoms with Gasteiger partial charge in [0.15, 0.2) is 11.5 Å². The summed E-state index contributed by atoms with van der Waals surface area (Å²) in [5.41, 5.74) is 0.208. The Kier molecular flexibility index (Phi) is 6.73. The van der Waals surface area contributed by atoms with Gasteiger partial charge in [-0.05, 0) is 24.9 Å². The number of ketones is 1. The van der Waals surface area contributed by atoms with E-state index in [0.717, 1.165) is 31.1 Å². The predicted molar refractivity (Wildman–Crippen MR) is 101 cm³/mol. The first-order chi connectivity index (χ1) is 12.9. The summed E-state index contributed by atoms with van der Waals surface area (Å²) in [6, 6.07) is 5.34. The van der Waals surface area contributed by atoms with E-state index in [0.29, 0.717) is 12.3 Å². The molecule has 0 N–H and O–H groups in total. The Morgan fingerprint density at radius 3 is 2.78 bits per heavy atom. The molecule has 1 fully saturated rings. The summed E-state index contributed by atoms with van der Waals surface area (Å²) in [7, 11) is 2.04. The van der Waals surface area contributed by atoms with Gasteiger partial charge in [0.05, 0.1) is 4.88 Å². The standard InChI is InChI=1S/C19H25F2N3O2S/c1-23-9-11-24(12-10-23)8-7-19(20,21)6-2-4-16(25)15-14-17(26-22-15)18-5-3-13-27-18/h3,5,13-14H,2,4,6-12H2,1H3. The van der Waals surface area contributed by atoms with Gasteiger partial charge in [0.2, 0.25) is 5.92 Å². The van der Waals surface area contributed by atoms with Crippen LogP contribution in [0.3, 0.4) is 0 Å². The molecule has 1 saturated heterocycles. The van der Waals surface area contributed by atoms with E-state index in [2.05, 4.69) is 15.0 Å². The Labute approximate surface area is 161 Å². The molecule has 8 heteroatoms. The SMILES string of the molecule is CN1CCN(CCC(F)(F)CCCC(=O)c2cc(-c3cccs3)on2)CC1. The minimum absolute atomic E-state index is 0.0561. The van der Waals surface area contributed by atoms with Crippen molar-refractivity contribution in [3.8, 4) is 10.6 Å². The first-order valence-corrected chi connectivity index (χ1v) is 10.1. The maximum absolute atomic E-state index is 14.1. The average Bonchev–Trinajstić information content (AvgIpc) is 3.32. The second-order valence-electron chi connectivity index (χ2n) is 7.08. The largest absolute Gasteiger partial charge is 0.355 e. The van der Waals surface area contributed by atoms with E-state index in [1.54, 1.807) is 6.07 Å². The number of piperazine rings is 1. The zero-order valence-electron chi connectivity index (χ0n) is 15.5. The van der Waals surface area contributed by atoms with Crippen molar-refractivity contribution in [2.45, 2.75) is 31.6 Å². The Balaban J connectivity index is 1.39.